The summed E-state index contributed by atoms with van der Waals surface area (Å²) in [5.41, 5.74) is 0. The van der Waals surface area contributed by atoms with Crippen molar-refractivity contribution in [3.63, 3.8) is 0 Å². The van der Waals surface area contributed by atoms with Crippen molar-refractivity contribution in [1.82, 2.24) is 10.2 Å². The van der Waals surface area contributed by atoms with Gasteiger partial charge in [-0.3, -0.25) is 4.79 Å². The maximum atomic E-state index is 10.9. The van der Waals surface area contributed by atoms with Crippen molar-refractivity contribution in [2.75, 3.05) is 7.11 Å². The van der Waals surface area contributed by atoms with Crippen LogP contribution in [0.2, 0.25) is 0 Å². The summed E-state index contributed by atoms with van der Waals surface area (Å²) < 4.78 is 4.52. The second kappa shape index (κ2) is 4.32. The number of hydrogen-bond donors (Lipinski definition) is 0. The molecule has 0 aliphatic carbocycles. The van der Waals surface area contributed by atoms with E-state index in [-0.39, 0.29) is 12.4 Å². The summed E-state index contributed by atoms with van der Waals surface area (Å²) in [5.74, 6) is 0.0929. The molecule has 1 rings (SSSR count). The van der Waals surface area contributed by atoms with Gasteiger partial charge in [0.2, 0.25) is 0 Å². The average molecular weight is 200 g/mol. The zero-order valence-corrected chi connectivity index (χ0v) is 8.72. The molecule has 0 bridgehead atoms. The molecule has 1 aromatic rings. The highest BCUT2D eigenvalue weighted by Gasteiger charge is 2.10. The van der Waals surface area contributed by atoms with Gasteiger partial charge in [-0.25, -0.2) is 0 Å². The highest BCUT2D eigenvalue weighted by atomic mass is 32.1. The Bertz CT molecular complexity index is 296. The lowest BCUT2D eigenvalue weighted by Gasteiger charge is -1.94. The molecule has 0 spiro atoms. The van der Waals surface area contributed by atoms with E-state index in [9.17, 15) is 4.79 Å². The molecule has 0 aliphatic heterocycles. The van der Waals surface area contributed by atoms with Gasteiger partial charge in [0, 0.05) is 5.92 Å². The van der Waals surface area contributed by atoms with Gasteiger partial charge in [-0.2, -0.15) is 0 Å². The van der Waals surface area contributed by atoms with E-state index in [1.807, 2.05) is 13.8 Å². The molecular formula is C8H12N2O2S. The lowest BCUT2D eigenvalue weighted by molar-refractivity contribution is -0.139. The molecule has 1 heterocycles. The maximum Gasteiger partial charge on any atom is 0.312 e. The van der Waals surface area contributed by atoms with Crippen LogP contribution in [0, 0.1) is 0 Å². The smallest absolute Gasteiger partial charge is 0.312 e. The van der Waals surface area contributed by atoms with Crippen LogP contribution < -0.4 is 0 Å². The number of rotatable bonds is 3. The second-order valence-electron chi connectivity index (χ2n) is 2.94. The van der Waals surface area contributed by atoms with Crippen LogP contribution in [0.5, 0.6) is 0 Å². The molecule has 5 heteroatoms. The van der Waals surface area contributed by atoms with Crippen molar-refractivity contribution in [3.8, 4) is 0 Å². The Morgan fingerprint density at radius 2 is 2.23 bits per heavy atom. The van der Waals surface area contributed by atoms with Gasteiger partial charge >= 0.3 is 5.97 Å². The molecule has 72 valence electrons. The number of methoxy groups -OCH3 is 1. The molecule has 0 saturated carbocycles. The zero-order chi connectivity index (χ0) is 9.84. The van der Waals surface area contributed by atoms with Crippen LogP contribution in [0.1, 0.15) is 29.8 Å². The fourth-order valence-electron chi connectivity index (χ4n) is 0.767. The van der Waals surface area contributed by atoms with E-state index in [2.05, 4.69) is 14.9 Å². The number of carbonyl (C=O) groups excluding carboxylic acids is 1. The van der Waals surface area contributed by atoms with E-state index >= 15 is 0 Å². The normalized spacial score (nSPS) is 10.5. The van der Waals surface area contributed by atoms with Crippen molar-refractivity contribution in [1.29, 1.82) is 0 Å². The van der Waals surface area contributed by atoms with Crippen LogP contribution in [0.15, 0.2) is 0 Å². The highest BCUT2D eigenvalue weighted by molar-refractivity contribution is 7.11. The molecule has 1 aromatic heterocycles. The lowest BCUT2D eigenvalue weighted by Crippen LogP contribution is -2.03. The third kappa shape index (κ3) is 2.77. The molecule has 0 unspecified atom stereocenters. The first kappa shape index (κ1) is 10.1. The minimum absolute atomic E-state index is 0.223. The van der Waals surface area contributed by atoms with Crippen LogP contribution in [0.3, 0.4) is 0 Å². The van der Waals surface area contributed by atoms with Gasteiger partial charge in [-0.05, 0) is 0 Å². The van der Waals surface area contributed by atoms with Gasteiger partial charge in [-0.15, -0.1) is 21.5 Å². The molecule has 0 saturated heterocycles. The predicted octanol–water partition coefficient (Wildman–Crippen LogP) is 1.38. The highest BCUT2D eigenvalue weighted by Crippen LogP contribution is 2.19. The number of ether oxygens (including phenoxy) is 1. The Kier molecular flexibility index (Phi) is 3.36. The van der Waals surface area contributed by atoms with Crippen molar-refractivity contribution in [3.05, 3.63) is 10.0 Å². The molecule has 4 nitrogen and oxygen atoms in total. The van der Waals surface area contributed by atoms with Gasteiger partial charge in [0.1, 0.15) is 10.0 Å². The second-order valence-corrected chi connectivity index (χ2v) is 4.04. The Morgan fingerprint density at radius 3 is 2.69 bits per heavy atom. The lowest BCUT2D eigenvalue weighted by atomic mass is 10.2. The van der Waals surface area contributed by atoms with E-state index < -0.39 is 0 Å². The molecular weight excluding hydrogens is 188 g/mol. The van der Waals surface area contributed by atoms with Gasteiger partial charge in [0.15, 0.2) is 0 Å². The molecule has 0 N–H and O–H groups in total. The monoisotopic (exact) mass is 200 g/mol. The number of nitrogens with zero attached hydrogens (tertiary/aromatic N) is 2. The first-order valence-electron chi connectivity index (χ1n) is 4.02. The van der Waals surface area contributed by atoms with E-state index in [1.165, 1.54) is 18.4 Å². The summed E-state index contributed by atoms with van der Waals surface area (Å²) >= 11 is 1.46. The Labute approximate surface area is 80.9 Å². The molecule has 0 aromatic carbocycles. The quantitative estimate of drug-likeness (QED) is 0.692. The van der Waals surface area contributed by atoms with Crippen LogP contribution in [0.4, 0.5) is 0 Å². The van der Waals surface area contributed by atoms with Gasteiger partial charge in [-0.1, -0.05) is 13.8 Å². The number of esters is 1. The first-order valence-corrected chi connectivity index (χ1v) is 4.84. The van der Waals surface area contributed by atoms with Crippen LogP contribution in [-0.4, -0.2) is 23.3 Å². The standard InChI is InChI=1S/C8H12N2O2S/c1-5(2)8-10-9-6(13-8)4-7(11)12-3/h5H,4H2,1-3H3. The largest absolute Gasteiger partial charge is 0.469 e. The van der Waals surface area contributed by atoms with Crippen molar-refractivity contribution in [2.24, 2.45) is 0 Å². The summed E-state index contributed by atoms with van der Waals surface area (Å²) in [6, 6.07) is 0. The zero-order valence-electron chi connectivity index (χ0n) is 7.90. The molecule has 0 atom stereocenters. The van der Waals surface area contributed by atoms with Gasteiger partial charge in [0.05, 0.1) is 13.5 Å². The van der Waals surface area contributed by atoms with E-state index in [0.717, 1.165) is 10.0 Å². The molecule has 0 aliphatic rings. The molecule has 0 amide bonds. The molecule has 0 radical (unpaired) electrons. The average Bonchev–Trinajstić information content (AvgIpc) is 2.52. The van der Waals surface area contributed by atoms with Crippen LogP contribution in [-0.2, 0) is 16.0 Å². The Balaban J connectivity index is 2.64. The fourth-order valence-corrected chi connectivity index (χ4v) is 1.60. The van der Waals surface area contributed by atoms with Crippen molar-refractivity contribution in [2.45, 2.75) is 26.2 Å². The van der Waals surface area contributed by atoms with Gasteiger partial charge < -0.3 is 4.74 Å². The van der Waals surface area contributed by atoms with Crippen molar-refractivity contribution >= 4 is 17.3 Å². The Morgan fingerprint density at radius 1 is 1.54 bits per heavy atom. The summed E-state index contributed by atoms with van der Waals surface area (Å²) in [5, 5.41) is 9.53. The topological polar surface area (TPSA) is 52.1 Å². The van der Waals surface area contributed by atoms with Crippen LogP contribution in [0.25, 0.3) is 0 Å². The SMILES string of the molecule is COC(=O)Cc1nnc(C(C)C)s1. The summed E-state index contributed by atoms with van der Waals surface area (Å²) in [6.45, 7) is 4.09. The third-order valence-electron chi connectivity index (χ3n) is 1.50. The fraction of sp³-hybridized carbons (Fsp3) is 0.625. The predicted molar refractivity (Wildman–Crippen MR) is 49.7 cm³/mol. The first-order chi connectivity index (χ1) is 6.13. The third-order valence-corrected chi connectivity index (χ3v) is 2.72. The Hall–Kier alpha value is -0.970. The summed E-state index contributed by atoms with van der Waals surface area (Å²) in [4.78, 5) is 10.9. The van der Waals surface area contributed by atoms with Crippen LogP contribution >= 0.6 is 11.3 Å². The van der Waals surface area contributed by atoms with E-state index in [4.69, 9.17) is 0 Å². The van der Waals surface area contributed by atoms with E-state index in [1.54, 1.807) is 0 Å². The number of aromatic nitrogens is 2. The number of carbonyl (C=O) groups is 1. The molecule has 0 fully saturated rings. The minimum Gasteiger partial charge on any atom is -0.469 e. The van der Waals surface area contributed by atoms with Crippen molar-refractivity contribution < 1.29 is 9.53 Å². The van der Waals surface area contributed by atoms with E-state index in [0.29, 0.717) is 5.92 Å². The maximum absolute atomic E-state index is 10.9. The summed E-state index contributed by atoms with van der Waals surface area (Å²) in [6.07, 6.45) is 0.223. The minimum atomic E-state index is -0.272. The molecule has 13 heavy (non-hydrogen) atoms. The summed E-state index contributed by atoms with van der Waals surface area (Å²) in [7, 11) is 1.37. The number of hydrogen-bond acceptors (Lipinski definition) is 5. The van der Waals surface area contributed by atoms with Gasteiger partial charge in [0.25, 0.3) is 0 Å².